The minimum atomic E-state index is -0.284. The molecule has 23 heavy (non-hydrogen) atoms. The lowest BCUT2D eigenvalue weighted by Crippen LogP contribution is -2.47. The molecule has 3 nitrogen and oxygen atoms in total. The Kier molecular flexibility index (Phi) is 3.94. The summed E-state index contributed by atoms with van der Waals surface area (Å²) in [5.41, 5.74) is 3.07. The van der Waals surface area contributed by atoms with Crippen LogP contribution in [-0.2, 0) is 16.6 Å². The number of rotatable bonds is 2. The molecule has 0 saturated heterocycles. The van der Waals surface area contributed by atoms with Crippen LogP contribution in [-0.4, -0.2) is 13.1 Å². The molecule has 0 bridgehead atoms. The Balaban J connectivity index is 2.14. The lowest BCUT2D eigenvalue weighted by molar-refractivity contribution is -0.132. The largest absolute Gasteiger partial charge is 0.493 e. The van der Waals surface area contributed by atoms with Gasteiger partial charge in [0.15, 0.2) is 11.5 Å². The molecule has 0 aromatic heterocycles. The molecule has 0 radical (unpaired) electrons. The van der Waals surface area contributed by atoms with Crippen LogP contribution >= 0.6 is 0 Å². The summed E-state index contributed by atoms with van der Waals surface area (Å²) >= 11 is 0. The van der Waals surface area contributed by atoms with E-state index in [1.54, 1.807) is 7.11 Å². The lowest BCUT2D eigenvalue weighted by Gasteiger charge is -2.54. The van der Waals surface area contributed by atoms with Gasteiger partial charge in [-0.2, -0.15) is 0 Å². The van der Waals surface area contributed by atoms with Crippen molar-refractivity contribution in [3.05, 3.63) is 23.3 Å². The van der Waals surface area contributed by atoms with Gasteiger partial charge in [-0.3, -0.25) is 4.79 Å². The molecule has 1 aromatic carbocycles. The number of hydrogen-bond donors (Lipinski definition) is 0. The van der Waals surface area contributed by atoms with Crippen LogP contribution in [0.5, 0.6) is 11.5 Å². The maximum absolute atomic E-state index is 11.6. The molecule has 1 fully saturated rings. The van der Waals surface area contributed by atoms with Gasteiger partial charge in [-0.1, -0.05) is 33.3 Å². The number of esters is 1. The SMILES string of the molecule is COc1ccc2c(c1OC(C)=O)CC[C@H]1C(C)(C)CCC[C@]21C. The third-order valence-corrected chi connectivity index (χ3v) is 6.22. The zero-order valence-electron chi connectivity index (χ0n) is 15.0. The summed E-state index contributed by atoms with van der Waals surface area (Å²) in [5, 5.41) is 0. The predicted molar refractivity (Wildman–Crippen MR) is 91.1 cm³/mol. The molecule has 1 saturated carbocycles. The summed E-state index contributed by atoms with van der Waals surface area (Å²) in [5.74, 6) is 1.69. The van der Waals surface area contributed by atoms with Crippen LogP contribution in [0.2, 0.25) is 0 Å². The van der Waals surface area contributed by atoms with Crippen molar-refractivity contribution in [2.24, 2.45) is 11.3 Å². The van der Waals surface area contributed by atoms with Crippen molar-refractivity contribution in [3.8, 4) is 11.5 Å². The second-order valence-electron chi connectivity index (χ2n) is 8.07. The fraction of sp³-hybridized carbons (Fsp3) is 0.650. The summed E-state index contributed by atoms with van der Waals surface area (Å²) in [6.45, 7) is 8.68. The topological polar surface area (TPSA) is 35.5 Å². The first-order valence-corrected chi connectivity index (χ1v) is 8.68. The first-order valence-electron chi connectivity index (χ1n) is 8.68. The smallest absolute Gasteiger partial charge is 0.308 e. The van der Waals surface area contributed by atoms with Gasteiger partial charge >= 0.3 is 5.97 Å². The molecule has 2 atom stereocenters. The van der Waals surface area contributed by atoms with Crippen LogP contribution in [0.25, 0.3) is 0 Å². The minimum absolute atomic E-state index is 0.163. The van der Waals surface area contributed by atoms with Crippen molar-refractivity contribution in [1.29, 1.82) is 0 Å². The van der Waals surface area contributed by atoms with Gasteiger partial charge in [0.2, 0.25) is 0 Å². The van der Waals surface area contributed by atoms with Gasteiger partial charge in [-0.15, -0.1) is 0 Å². The number of methoxy groups -OCH3 is 1. The molecule has 2 aliphatic carbocycles. The van der Waals surface area contributed by atoms with E-state index in [1.165, 1.54) is 37.3 Å². The fourth-order valence-corrected chi connectivity index (χ4v) is 5.25. The summed E-state index contributed by atoms with van der Waals surface area (Å²) in [4.78, 5) is 11.6. The van der Waals surface area contributed by atoms with Crippen LogP contribution in [0.15, 0.2) is 12.1 Å². The van der Waals surface area contributed by atoms with Gasteiger partial charge in [-0.25, -0.2) is 0 Å². The first kappa shape index (κ1) is 16.4. The Morgan fingerprint density at radius 2 is 1.96 bits per heavy atom. The highest BCUT2D eigenvalue weighted by Gasteiger charge is 2.50. The number of fused-ring (bicyclic) bond motifs is 3. The highest BCUT2D eigenvalue weighted by atomic mass is 16.6. The van der Waals surface area contributed by atoms with Crippen LogP contribution in [0.4, 0.5) is 0 Å². The zero-order valence-corrected chi connectivity index (χ0v) is 15.0. The third kappa shape index (κ3) is 2.54. The van der Waals surface area contributed by atoms with Gasteiger partial charge in [-0.05, 0) is 54.1 Å². The molecule has 1 aromatic rings. The van der Waals surface area contributed by atoms with E-state index in [4.69, 9.17) is 9.47 Å². The molecule has 0 spiro atoms. The second kappa shape index (κ2) is 5.54. The minimum Gasteiger partial charge on any atom is -0.493 e. The number of carbonyl (C=O) groups excluding carboxylic acids is 1. The molecule has 0 unspecified atom stereocenters. The van der Waals surface area contributed by atoms with Gasteiger partial charge in [0.25, 0.3) is 0 Å². The van der Waals surface area contributed by atoms with Crippen molar-refractivity contribution < 1.29 is 14.3 Å². The van der Waals surface area contributed by atoms with E-state index in [9.17, 15) is 4.79 Å². The van der Waals surface area contributed by atoms with Crippen molar-refractivity contribution >= 4 is 5.97 Å². The second-order valence-corrected chi connectivity index (χ2v) is 8.07. The number of hydrogen-bond acceptors (Lipinski definition) is 3. The maximum atomic E-state index is 11.6. The molecule has 3 rings (SSSR count). The summed E-state index contributed by atoms with van der Waals surface area (Å²) in [6, 6.07) is 4.17. The summed E-state index contributed by atoms with van der Waals surface area (Å²) in [6.07, 6.45) is 5.88. The van der Waals surface area contributed by atoms with E-state index in [-0.39, 0.29) is 11.4 Å². The van der Waals surface area contributed by atoms with E-state index >= 15 is 0 Å². The van der Waals surface area contributed by atoms with Crippen molar-refractivity contribution in [2.75, 3.05) is 7.11 Å². The van der Waals surface area contributed by atoms with Crippen LogP contribution < -0.4 is 9.47 Å². The quantitative estimate of drug-likeness (QED) is 0.588. The number of benzene rings is 1. The van der Waals surface area contributed by atoms with Crippen LogP contribution in [0.3, 0.4) is 0 Å². The van der Waals surface area contributed by atoms with E-state index in [0.717, 1.165) is 12.8 Å². The first-order chi connectivity index (χ1) is 10.8. The average Bonchev–Trinajstić information content (AvgIpc) is 2.46. The molecular formula is C20H28O3. The van der Waals surface area contributed by atoms with Gasteiger partial charge in [0.05, 0.1) is 7.11 Å². The molecule has 3 heteroatoms. The van der Waals surface area contributed by atoms with E-state index in [1.807, 2.05) is 6.07 Å². The van der Waals surface area contributed by atoms with Crippen LogP contribution in [0.1, 0.15) is 64.5 Å². The summed E-state index contributed by atoms with van der Waals surface area (Å²) in [7, 11) is 1.63. The monoisotopic (exact) mass is 316 g/mol. The fourth-order valence-electron chi connectivity index (χ4n) is 5.25. The van der Waals surface area contributed by atoms with E-state index < -0.39 is 0 Å². The highest BCUT2D eigenvalue weighted by Crippen LogP contribution is 2.58. The summed E-state index contributed by atoms with van der Waals surface area (Å²) < 4.78 is 11.0. The Bertz CT molecular complexity index is 632. The van der Waals surface area contributed by atoms with Gasteiger partial charge in [0, 0.05) is 12.5 Å². The number of ether oxygens (including phenoxy) is 2. The Labute approximate surface area is 139 Å². The standard InChI is InChI=1S/C20H28O3/c1-13(21)23-18-14-7-10-17-19(2,3)11-6-12-20(17,4)15(14)8-9-16(18)22-5/h8-9,17H,6-7,10-12H2,1-5H3/t17-,20+/m0/s1. The Morgan fingerprint density at radius 3 is 2.61 bits per heavy atom. The van der Waals surface area contributed by atoms with Crippen molar-refractivity contribution in [2.45, 2.75) is 65.2 Å². The van der Waals surface area contributed by atoms with Gasteiger partial charge < -0.3 is 9.47 Å². The molecule has 0 aliphatic heterocycles. The third-order valence-electron chi connectivity index (χ3n) is 6.22. The molecule has 0 amide bonds. The number of carbonyl (C=O) groups is 1. The molecule has 0 heterocycles. The molecule has 2 aliphatic rings. The predicted octanol–water partition coefficient (Wildman–Crippen LogP) is 4.65. The average molecular weight is 316 g/mol. The molecular weight excluding hydrogens is 288 g/mol. The Morgan fingerprint density at radius 1 is 1.22 bits per heavy atom. The van der Waals surface area contributed by atoms with Gasteiger partial charge in [0.1, 0.15) is 0 Å². The molecule has 126 valence electrons. The Hall–Kier alpha value is -1.51. The van der Waals surface area contributed by atoms with E-state index in [0.29, 0.717) is 22.8 Å². The van der Waals surface area contributed by atoms with Crippen molar-refractivity contribution in [3.63, 3.8) is 0 Å². The van der Waals surface area contributed by atoms with Crippen molar-refractivity contribution in [1.82, 2.24) is 0 Å². The zero-order chi connectivity index (χ0) is 16.8. The van der Waals surface area contributed by atoms with Crippen LogP contribution in [0, 0.1) is 11.3 Å². The van der Waals surface area contributed by atoms with E-state index in [2.05, 4.69) is 26.8 Å². The normalized spacial score (nSPS) is 28.5. The highest BCUT2D eigenvalue weighted by molar-refractivity contribution is 5.72. The maximum Gasteiger partial charge on any atom is 0.308 e. The molecule has 0 N–H and O–H groups in total. The lowest BCUT2D eigenvalue weighted by atomic mass is 9.50.